The molecule has 2 aromatic rings. The van der Waals surface area contributed by atoms with Gasteiger partial charge in [-0.1, -0.05) is 0 Å². The zero-order chi connectivity index (χ0) is 13.9. The van der Waals surface area contributed by atoms with Gasteiger partial charge in [0.15, 0.2) is 11.6 Å². The number of rotatable bonds is 3. The summed E-state index contributed by atoms with van der Waals surface area (Å²) in [5, 5.41) is 3.18. The van der Waals surface area contributed by atoms with E-state index in [1.165, 1.54) is 0 Å². The van der Waals surface area contributed by atoms with Gasteiger partial charge in [-0.3, -0.25) is 0 Å². The van der Waals surface area contributed by atoms with Crippen LogP contribution < -0.4 is 20.5 Å². The largest absolute Gasteiger partial charge is 0.485 e. The average Bonchev–Trinajstić information content (AvgIpc) is 2.49. The predicted octanol–water partition coefficient (Wildman–Crippen LogP) is 2.98. The van der Waals surface area contributed by atoms with Crippen LogP contribution in [0, 0.1) is 0 Å². The van der Waals surface area contributed by atoms with Crippen LogP contribution >= 0.6 is 11.8 Å². The molecule has 1 aromatic heterocycles. The second-order valence-corrected chi connectivity index (χ2v) is 5.12. The van der Waals surface area contributed by atoms with Crippen LogP contribution in [0.5, 0.6) is 17.2 Å². The number of hydrogen-bond acceptors (Lipinski definition) is 6. The first-order valence-corrected chi connectivity index (χ1v) is 7.47. The van der Waals surface area contributed by atoms with Gasteiger partial charge in [0.05, 0.1) is 6.54 Å². The first-order chi connectivity index (χ1) is 9.78. The highest BCUT2D eigenvalue weighted by Crippen LogP contribution is 2.39. The summed E-state index contributed by atoms with van der Waals surface area (Å²) >= 11 is 1.59. The van der Waals surface area contributed by atoms with Gasteiger partial charge in [0, 0.05) is 22.8 Å². The second kappa shape index (κ2) is 5.50. The molecule has 0 saturated heterocycles. The number of nitrogens with one attached hydrogen (secondary N) is 1. The Morgan fingerprint density at radius 2 is 2.30 bits per heavy atom. The number of aromatic nitrogens is 1. The molecule has 0 saturated carbocycles. The normalized spacial score (nSPS) is 13.1. The SMILES string of the molecule is CSc1cc(Oc2ccnc3c2OCCN3)ccc1N. The van der Waals surface area contributed by atoms with E-state index in [9.17, 15) is 0 Å². The highest BCUT2D eigenvalue weighted by Gasteiger charge is 2.17. The summed E-state index contributed by atoms with van der Waals surface area (Å²) in [6.45, 7) is 1.36. The molecule has 0 atom stereocenters. The number of ether oxygens (including phenoxy) is 2. The van der Waals surface area contributed by atoms with Crippen LogP contribution in [0.4, 0.5) is 11.5 Å². The minimum Gasteiger partial charge on any atom is -0.485 e. The fraction of sp³-hybridized carbons (Fsp3) is 0.214. The molecule has 3 N–H and O–H groups in total. The Bertz CT molecular complexity index is 634. The number of thioether (sulfide) groups is 1. The van der Waals surface area contributed by atoms with Crippen molar-refractivity contribution in [1.82, 2.24) is 4.98 Å². The Morgan fingerprint density at radius 1 is 1.40 bits per heavy atom. The summed E-state index contributed by atoms with van der Waals surface area (Å²) in [6.07, 6.45) is 3.68. The zero-order valence-electron chi connectivity index (χ0n) is 11.1. The third-order valence-electron chi connectivity index (χ3n) is 2.94. The molecule has 0 fully saturated rings. The van der Waals surface area contributed by atoms with E-state index >= 15 is 0 Å². The van der Waals surface area contributed by atoms with Gasteiger partial charge in [0.1, 0.15) is 12.4 Å². The summed E-state index contributed by atoms with van der Waals surface area (Å²) in [5.74, 6) is 2.75. The first-order valence-electron chi connectivity index (χ1n) is 6.25. The summed E-state index contributed by atoms with van der Waals surface area (Å²) < 4.78 is 11.5. The highest BCUT2D eigenvalue weighted by atomic mass is 32.2. The lowest BCUT2D eigenvalue weighted by atomic mass is 10.3. The smallest absolute Gasteiger partial charge is 0.204 e. The van der Waals surface area contributed by atoms with E-state index < -0.39 is 0 Å². The van der Waals surface area contributed by atoms with Gasteiger partial charge in [0.25, 0.3) is 0 Å². The van der Waals surface area contributed by atoms with E-state index in [4.69, 9.17) is 15.2 Å². The molecule has 2 heterocycles. The minimum absolute atomic E-state index is 0.604. The summed E-state index contributed by atoms with van der Waals surface area (Å²) in [7, 11) is 0. The molecular formula is C14H15N3O2S. The maximum absolute atomic E-state index is 5.90. The maximum Gasteiger partial charge on any atom is 0.204 e. The van der Waals surface area contributed by atoms with Crippen molar-refractivity contribution in [2.24, 2.45) is 0 Å². The van der Waals surface area contributed by atoms with Gasteiger partial charge in [-0.25, -0.2) is 4.98 Å². The monoisotopic (exact) mass is 289 g/mol. The van der Waals surface area contributed by atoms with Crippen LogP contribution in [-0.4, -0.2) is 24.4 Å². The number of benzene rings is 1. The van der Waals surface area contributed by atoms with E-state index in [-0.39, 0.29) is 0 Å². The van der Waals surface area contributed by atoms with Crippen molar-refractivity contribution < 1.29 is 9.47 Å². The molecule has 0 amide bonds. The number of nitrogens with zero attached hydrogens (tertiary/aromatic N) is 1. The minimum atomic E-state index is 0.604. The van der Waals surface area contributed by atoms with Crippen molar-refractivity contribution in [3.8, 4) is 17.2 Å². The van der Waals surface area contributed by atoms with E-state index in [1.54, 1.807) is 24.0 Å². The molecule has 5 nitrogen and oxygen atoms in total. The van der Waals surface area contributed by atoms with Gasteiger partial charge < -0.3 is 20.5 Å². The van der Waals surface area contributed by atoms with Crippen molar-refractivity contribution in [3.05, 3.63) is 30.5 Å². The summed E-state index contributed by atoms with van der Waals surface area (Å²) in [6, 6.07) is 7.40. The van der Waals surface area contributed by atoms with E-state index in [1.807, 2.05) is 24.5 Å². The zero-order valence-corrected chi connectivity index (χ0v) is 11.9. The maximum atomic E-state index is 5.90. The third kappa shape index (κ3) is 2.46. The Balaban J connectivity index is 1.91. The Hall–Kier alpha value is -2.08. The number of fused-ring (bicyclic) bond motifs is 1. The first kappa shape index (κ1) is 12.9. The van der Waals surface area contributed by atoms with Crippen LogP contribution in [-0.2, 0) is 0 Å². The van der Waals surface area contributed by atoms with Crippen LogP contribution in [0.3, 0.4) is 0 Å². The molecule has 1 aromatic carbocycles. The lowest BCUT2D eigenvalue weighted by Gasteiger charge is -2.20. The van der Waals surface area contributed by atoms with Gasteiger partial charge in [-0.2, -0.15) is 0 Å². The molecule has 104 valence electrons. The highest BCUT2D eigenvalue weighted by molar-refractivity contribution is 7.98. The van der Waals surface area contributed by atoms with Gasteiger partial charge in [-0.15, -0.1) is 11.8 Å². The van der Waals surface area contributed by atoms with Crippen molar-refractivity contribution in [2.75, 3.05) is 30.5 Å². The molecule has 20 heavy (non-hydrogen) atoms. The Kier molecular flexibility index (Phi) is 3.56. The van der Waals surface area contributed by atoms with Crippen molar-refractivity contribution in [3.63, 3.8) is 0 Å². The van der Waals surface area contributed by atoms with Crippen molar-refractivity contribution in [1.29, 1.82) is 0 Å². The van der Waals surface area contributed by atoms with Gasteiger partial charge >= 0.3 is 0 Å². The van der Waals surface area contributed by atoms with E-state index in [0.29, 0.717) is 23.9 Å². The standard InChI is InChI=1S/C14H15N3O2S/c1-20-12-8-9(2-3-10(12)15)19-11-4-5-16-14-13(11)18-7-6-17-14/h2-5,8H,6-7,15H2,1H3,(H,16,17). The molecular weight excluding hydrogens is 274 g/mol. The van der Waals surface area contributed by atoms with E-state index in [2.05, 4.69) is 10.3 Å². The third-order valence-corrected chi connectivity index (χ3v) is 3.74. The fourth-order valence-electron chi connectivity index (χ4n) is 1.98. The number of nitrogen functional groups attached to an aromatic ring is 1. The lowest BCUT2D eigenvalue weighted by Crippen LogP contribution is -2.19. The number of nitrogens with two attached hydrogens (primary N) is 1. The molecule has 3 rings (SSSR count). The average molecular weight is 289 g/mol. The molecule has 1 aliphatic rings. The second-order valence-electron chi connectivity index (χ2n) is 4.27. The number of hydrogen-bond donors (Lipinski definition) is 2. The summed E-state index contributed by atoms with van der Waals surface area (Å²) in [4.78, 5) is 5.22. The Morgan fingerprint density at radius 3 is 3.15 bits per heavy atom. The molecule has 0 radical (unpaired) electrons. The predicted molar refractivity (Wildman–Crippen MR) is 80.9 cm³/mol. The summed E-state index contributed by atoms with van der Waals surface area (Å²) in [5.41, 5.74) is 6.63. The quantitative estimate of drug-likeness (QED) is 0.668. The van der Waals surface area contributed by atoms with Crippen molar-refractivity contribution in [2.45, 2.75) is 4.90 Å². The molecule has 1 aliphatic heterocycles. The topological polar surface area (TPSA) is 69.4 Å². The van der Waals surface area contributed by atoms with Gasteiger partial charge in [0.2, 0.25) is 5.75 Å². The fourth-order valence-corrected chi connectivity index (χ4v) is 2.52. The van der Waals surface area contributed by atoms with Crippen LogP contribution in [0.15, 0.2) is 35.4 Å². The molecule has 0 aliphatic carbocycles. The van der Waals surface area contributed by atoms with Crippen LogP contribution in [0.25, 0.3) is 0 Å². The van der Waals surface area contributed by atoms with Crippen molar-refractivity contribution >= 4 is 23.3 Å². The van der Waals surface area contributed by atoms with Gasteiger partial charge in [-0.05, 0) is 24.5 Å². The number of anilines is 2. The lowest BCUT2D eigenvalue weighted by molar-refractivity contribution is 0.304. The number of pyridine rings is 1. The molecule has 0 unspecified atom stereocenters. The molecule has 0 bridgehead atoms. The van der Waals surface area contributed by atoms with E-state index in [0.717, 1.165) is 22.9 Å². The van der Waals surface area contributed by atoms with Crippen LogP contribution in [0.1, 0.15) is 0 Å². The molecule has 6 heteroatoms. The molecule has 0 spiro atoms. The van der Waals surface area contributed by atoms with Crippen LogP contribution in [0.2, 0.25) is 0 Å². The Labute approximate surface area is 121 Å².